The SMILES string of the molecule is CCNc1cc(N(CC)C(C)CN(C)C)cc([N+](=O)[O-])c1. The molecule has 0 heterocycles. The number of hydrogen-bond acceptors (Lipinski definition) is 5. The highest BCUT2D eigenvalue weighted by Crippen LogP contribution is 2.28. The van der Waals surface area contributed by atoms with Gasteiger partial charge in [0.1, 0.15) is 0 Å². The van der Waals surface area contributed by atoms with Gasteiger partial charge in [0.05, 0.1) is 4.92 Å². The normalized spacial score (nSPS) is 12.3. The highest BCUT2D eigenvalue weighted by atomic mass is 16.6. The van der Waals surface area contributed by atoms with Crippen LogP contribution in [-0.4, -0.2) is 49.6 Å². The maximum atomic E-state index is 11.1. The van der Waals surface area contributed by atoms with E-state index in [1.165, 1.54) is 0 Å². The molecule has 1 atom stereocenters. The molecule has 1 rings (SSSR count). The fourth-order valence-electron chi connectivity index (χ4n) is 2.55. The van der Waals surface area contributed by atoms with Gasteiger partial charge in [0, 0.05) is 49.2 Å². The Hall–Kier alpha value is -1.82. The maximum Gasteiger partial charge on any atom is 0.273 e. The molecular weight excluding hydrogens is 268 g/mol. The molecule has 21 heavy (non-hydrogen) atoms. The number of nitrogens with one attached hydrogen (secondary N) is 1. The highest BCUT2D eigenvalue weighted by Gasteiger charge is 2.18. The lowest BCUT2D eigenvalue weighted by molar-refractivity contribution is -0.384. The molecule has 0 bridgehead atoms. The lowest BCUT2D eigenvalue weighted by Gasteiger charge is -2.32. The van der Waals surface area contributed by atoms with Crippen LogP contribution >= 0.6 is 0 Å². The first-order valence-electron chi connectivity index (χ1n) is 7.33. The van der Waals surface area contributed by atoms with Crippen molar-refractivity contribution in [2.45, 2.75) is 26.8 Å². The standard InChI is InChI=1S/C15H26N4O2/c1-6-16-13-8-14(10-15(9-13)19(20)21)18(7-2)12(3)11-17(4)5/h8-10,12,16H,6-7,11H2,1-5H3. The molecule has 6 heteroatoms. The monoisotopic (exact) mass is 294 g/mol. The average molecular weight is 294 g/mol. The number of non-ortho nitro benzene ring substituents is 1. The van der Waals surface area contributed by atoms with E-state index in [0.29, 0.717) is 0 Å². The van der Waals surface area contributed by atoms with Crippen molar-refractivity contribution in [2.24, 2.45) is 0 Å². The first-order chi connectivity index (χ1) is 9.88. The summed E-state index contributed by atoms with van der Waals surface area (Å²) < 4.78 is 0. The van der Waals surface area contributed by atoms with Crippen molar-refractivity contribution in [1.29, 1.82) is 0 Å². The summed E-state index contributed by atoms with van der Waals surface area (Å²) >= 11 is 0. The van der Waals surface area contributed by atoms with Crippen molar-refractivity contribution in [2.75, 3.05) is 43.9 Å². The Labute approximate surface area is 126 Å². The second kappa shape index (κ2) is 7.83. The molecule has 0 radical (unpaired) electrons. The second-order valence-corrected chi connectivity index (χ2v) is 5.42. The fraction of sp³-hybridized carbons (Fsp3) is 0.600. The molecule has 0 saturated heterocycles. The zero-order valence-electron chi connectivity index (χ0n) is 13.6. The minimum absolute atomic E-state index is 0.124. The predicted molar refractivity (Wildman–Crippen MR) is 88.3 cm³/mol. The van der Waals surface area contributed by atoms with Gasteiger partial charge in [-0.1, -0.05) is 0 Å². The van der Waals surface area contributed by atoms with Gasteiger partial charge in [-0.25, -0.2) is 0 Å². The van der Waals surface area contributed by atoms with Gasteiger partial charge in [-0.3, -0.25) is 10.1 Å². The summed E-state index contributed by atoms with van der Waals surface area (Å²) in [6, 6.07) is 5.49. The Morgan fingerprint density at radius 1 is 1.29 bits per heavy atom. The number of nitro benzene ring substituents is 1. The lowest BCUT2D eigenvalue weighted by atomic mass is 10.1. The Morgan fingerprint density at radius 2 is 1.95 bits per heavy atom. The molecule has 1 aromatic carbocycles. The minimum Gasteiger partial charge on any atom is -0.385 e. The third kappa shape index (κ3) is 4.90. The molecule has 1 aromatic rings. The van der Waals surface area contributed by atoms with E-state index in [1.807, 2.05) is 27.1 Å². The molecular formula is C15H26N4O2. The van der Waals surface area contributed by atoms with Crippen molar-refractivity contribution in [3.8, 4) is 0 Å². The van der Waals surface area contributed by atoms with Crippen LogP contribution in [0, 0.1) is 10.1 Å². The largest absolute Gasteiger partial charge is 0.385 e. The molecule has 0 fully saturated rings. The Balaban J connectivity index is 3.14. The van der Waals surface area contributed by atoms with Gasteiger partial charge in [-0.05, 0) is 40.9 Å². The van der Waals surface area contributed by atoms with Gasteiger partial charge >= 0.3 is 0 Å². The minimum atomic E-state index is -0.338. The summed E-state index contributed by atoms with van der Waals surface area (Å²) in [6.45, 7) is 8.62. The van der Waals surface area contributed by atoms with Crippen molar-refractivity contribution in [1.82, 2.24) is 4.90 Å². The molecule has 1 N–H and O–H groups in total. The molecule has 0 amide bonds. The van der Waals surface area contributed by atoms with Crippen molar-refractivity contribution < 1.29 is 4.92 Å². The second-order valence-electron chi connectivity index (χ2n) is 5.42. The number of rotatable bonds is 8. The molecule has 1 unspecified atom stereocenters. The first-order valence-corrected chi connectivity index (χ1v) is 7.33. The number of nitro groups is 1. The van der Waals surface area contributed by atoms with Gasteiger partial charge in [0.15, 0.2) is 0 Å². The molecule has 118 valence electrons. The van der Waals surface area contributed by atoms with Gasteiger partial charge in [-0.15, -0.1) is 0 Å². The number of nitrogens with zero attached hydrogens (tertiary/aromatic N) is 3. The van der Waals surface area contributed by atoms with Crippen molar-refractivity contribution in [3.63, 3.8) is 0 Å². The van der Waals surface area contributed by atoms with E-state index < -0.39 is 0 Å². The van der Waals surface area contributed by atoms with Crippen LogP contribution < -0.4 is 10.2 Å². The molecule has 0 spiro atoms. The van der Waals surface area contributed by atoms with Crippen LogP contribution in [0.1, 0.15) is 20.8 Å². The van der Waals surface area contributed by atoms with E-state index >= 15 is 0 Å². The zero-order valence-corrected chi connectivity index (χ0v) is 13.6. The van der Waals surface area contributed by atoms with Crippen molar-refractivity contribution in [3.05, 3.63) is 28.3 Å². The topological polar surface area (TPSA) is 61.6 Å². The fourth-order valence-corrected chi connectivity index (χ4v) is 2.55. The van der Waals surface area contributed by atoms with E-state index in [9.17, 15) is 10.1 Å². The molecule has 0 aliphatic heterocycles. The van der Waals surface area contributed by atoms with E-state index in [4.69, 9.17) is 0 Å². The average Bonchev–Trinajstić information content (AvgIpc) is 2.38. The summed E-state index contributed by atoms with van der Waals surface area (Å²) in [4.78, 5) is 15.1. The lowest BCUT2D eigenvalue weighted by Crippen LogP contribution is -2.40. The Kier molecular flexibility index (Phi) is 6.42. The van der Waals surface area contributed by atoms with Gasteiger partial charge in [-0.2, -0.15) is 0 Å². The van der Waals surface area contributed by atoms with Crippen molar-refractivity contribution >= 4 is 17.1 Å². The predicted octanol–water partition coefficient (Wildman–Crippen LogP) is 2.80. The van der Waals surface area contributed by atoms with Gasteiger partial charge < -0.3 is 15.1 Å². The molecule has 0 aromatic heterocycles. The van der Waals surface area contributed by atoms with E-state index in [0.717, 1.165) is 31.0 Å². The third-order valence-corrected chi connectivity index (χ3v) is 3.33. The summed E-state index contributed by atoms with van der Waals surface area (Å²) in [6.07, 6.45) is 0. The Morgan fingerprint density at radius 3 is 2.43 bits per heavy atom. The molecule has 0 aliphatic carbocycles. The van der Waals surface area contributed by atoms with Crippen LogP contribution in [-0.2, 0) is 0 Å². The number of benzene rings is 1. The van der Waals surface area contributed by atoms with E-state index in [-0.39, 0.29) is 16.7 Å². The molecule has 0 saturated carbocycles. The van der Waals surface area contributed by atoms with Crippen LogP contribution in [0.5, 0.6) is 0 Å². The van der Waals surface area contributed by atoms with Crippen LogP contribution in [0.2, 0.25) is 0 Å². The van der Waals surface area contributed by atoms with E-state index in [2.05, 4.69) is 29.0 Å². The number of likely N-dealkylation sites (N-methyl/N-ethyl adjacent to an activating group) is 2. The summed E-state index contributed by atoms with van der Waals surface area (Å²) in [5.41, 5.74) is 1.80. The van der Waals surface area contributed by atoms with Crippen LogP contribution in [0.3, 0.4) is 0 Å². The van der Waals surface area contributed by atoms with Crippen LogP contribution in [0.4, 0.5) is 17.1 Å². The zero-order chi connectivity index (χ0) is 16.0. The number of hydrogen-bond donors (Lipinski definition) is 1. The highest BCUT2D eigenvalue weighted by molar-refractivity contribution is 5.64. The summed E-state index contributed by atoms with van der Waals surface area (Å²) in [5, 5.41) is 14.3. The quantitative estimate of drug-likeness (QED) is 0.590. The summed E-state index contributed by atoms with van der Waals surface area (Å²) in [7, 11) is 4.06. The molecule has 6 nitrogen and oxygen atoms in total. The Bertz CT molecular complexity index is 477. The molecule has 0 aliphatic rings. The van der Waals surface area contributed by atoms with Crippen LogP contribution in [0.25, 0.3) is 0 Å². The number of anilines is 2. The van der Waals surface area contributed by atoms with Crippen LogP contribution in [0.15, 0.2) is 18.2 Å². The van der Waals surface area contributed by atoms with E-state index in [1.54, 1.807) is 12.1 Å². The third-order valence-electron chi connectivity index (χ3n) is 3.33. The summed E-state index contributed by atoms with van der Waals surface area (Å²) in [5.74, 6) is 0. The smallest absolute Gasteiger partial charge is 0.273 e. The van der Waals surface area contributed by atoms with Gasteiger partial charge in [0.2, 0.25) is 0 Å². The van der Waals surface area contributed by atoms with Gasteiger partial charge in [0.25, 0.3) is 5.69 Å². The first kappa shape index (κ1) is 17.2. The maximum absolute atomic E-state index is 11.1.